The lowest BCUT2D eigenvalue weighted by molar-refractivity contribution is 0.468. The van der Waals surface area contributed by atoms with E-state index in [-0.39, 0.29) is 11.9 Å². The van der Waals surface area contributed by atoms with E-state index in [1.807, 2.05) is 10.8 Å². The van der Waals surface area contributed by atoms with Crippen molar-refractivity contribution in [3.05, 3.63) is 54.9 Å². The summed E-state index contributed by atoms with van der Waals surface area (Å²) < 4.78 is 17.1. The van der Waals surface area contributed by atoms with Crippen LogP contribution in [0.15, 0.2) is 43.2 Å². The fourth-order valence-corrected chi connectivity index (χ4v) is 4.91. The zero-order valence-corrected chi connectivity index (χ0v) is 17.6. The van der Waals surface area contributed by atoms with Crippen LogP contribution in [0, 0.1) is 5.82 Å². The van der Waals surface area contributed by atoms with Crippen molar-refractivity contribution < 1.29 is 4.39 Å². The highest BCUT2D eigenvalue weighted by molar-refractivity contribution is 5.63. The number of imidazole rings is 1. The molecule has 0 radical (unpaired) electrons. The molecule has 1 atom stereocenters. The van der Waals surface area contributed by atoms with Crippen LogP contribution in [0.5, 0.6) is 0 Å². The zero-order valence-electron chi connectivity index (χ0n) is 17.6. The average molecular weight is 431 g/mol. The van der Waals surface area contributed by atoms with Crippen LogP contribution in [0.4, 0.5) is 10.2 Å². The number of hydrogen-bond acceptors (Lipinski definition) is 7. The summed E-state index contributed by atoms with van der Waals surface area (Å²) in [5.41, 5.74) is 1.44. The highest BCUT2D eigenvalue weighted by atomic mass is 19.1. The number of pyridine rings is 1. The molecule has 4 aromatic rings. The molecule has 0 spiro atoms. The molecule has 1 saturated carbocycles. The topological polar surface area (TPSA) is 90.4 Å². The predicted molar refractivity (Wildman–Crippen MR) is 115 cm³/mol. The molecule has 0 saturated heterocycles. The highest BCUT2D eigenvalue weighted by Crippen LogP contribution is 2.42. The Kier molecular flexibility index (Phi) is 4.44. The predicted octanol–water partition coefficient (Wildman–Crippen LogP) is 3.66. The number of rotatable bonds is 4. The van der Waals surface area contributed by atoms with Crippen molar-refractivity contribution in [2.24, 2.45) is 0 Å². The van der Waals surface area contributed by atoms with Crippen molar-refractivity contribution in [3.8, 4) is 23.2 Å². The third kappa shape index (κ3) is 2.89. The molecule has 4 aromatic heterocycles. The maximum Gasteiger partial charge on any atom is 0.237 e. The lowest BCUT2D eigenvalue weighted by Gasteiger charge is -2.40. The first-order valence-electron chi connectivity index (χ1n) is 11.0. The maximum atomic E-state index is 13.4. The highest BCUT2D eigenvalue weighted by Gasteiger charge is 2.38. The molecule has 5 heterocycles. The fourth-order valence-electron chi connectivity index (χ4n) is 4.91. The van der Waals surface area contributed by atoms with Gasteiger partial charge in [-0.3, -0.25) is 9.13 Å². The molecule has 9 nitrogen and oxygen atoms in total. The molecule has 1 aliphatic heterocycles. The van der Waals surface area contributed by atoms with Gasteiger partial charge in [0, 0.05) is 18.4 Å². The van der Waals surface area contributed by atoms with Crippen LogP contribution < -0.4 is 4.90 Å². The molecule has 10 heteroatoms. The van der Waals surface area contributed by atoms with Gasteiger partial charge in [-0.15, -0.1) is 10.2 Å². The van der Waals surface area contributed by atoms with E-state index in [9.17, 15) is 4.39 Å². The number of fused-ring (bicyclic) bond motifs is 3. The Morgan fingerprint density at radius 3 is 2.72 bits per heavy atom. The van der Waals surface area contributed by atoms with Crippen LogP contribution in [0.2, 0.25) is 0 Å². The van der Waals surface area contributed by atoms with Gasteiger partial charge in [-0.25, -0.2) is 19.3 Å². The number of halogens is 1. The quantitative estimate of drug-likeness (QED) is 0.487. The minimum Gasteiger partial charge on any atom is -0.341 e. The molecule has 0 aromatic carbocycles. The lowest BCUT2D eigenvalue weighted by Crippen LogP contribution is -2.42. The van der Waals surface area contributed by atoms with Gasteiger partial charge in [-0.1, -0.05) is 19.8 Å². The minimum absolute atomic E-state index is 0.108. The van der Waals surface area contributed by atoms with Gasteiger partial charge in [0.15, 0.2) is 17.5 Å². The Hall–Kier alpha value is -3.69. The number of nitrogens with zero attached hydrogens (tertiary/aromatic N) is 9. The first kappa shape index (κ1) is 19.0. The summed E-state index contributed by atoms with van der Waals surface area (Å²) in [6.07, 6.45) is 13.8. The summed E-state index contributed by atoms with van der Waals surface area (Å²) in [4.78, 5) is 20.7. The van der Waals surface area contributed by atoms with Crippen LogP contribution in [-0.4, -0.2) is 45.3 Å². The Morgan fingerprint density at radius 2 is 1.94 bits per heavy atom. The van der Waals surface area contributed by atoms with E-state index in [4.69, 9.17) is 4.98 Å². The van der Waals surface area contributed by atoms with Crippen molar-refractivity contribution in [2.75, 3.05) is 4.90 Å². The van der Waals surface area contributed by atoms with Crippen LogP contribution in [0.1, 0.15) is 50.9 Å². The number of aromatic nitrogens is 8. The van der Waals surface area contributed by atoms with Crippen molar-refractivity contribution in [2.45, 2.75) is 51.1 Å². The summed E-state index contributed by atoms with van der Waals surface area (Å²) in [5, 5.41) is 8.60. The third-order valence-corrected chi connectivity index (χ3v) is 6.37. The zero-order chi connectivity index (χ0) is 21.7. The van der Waals surface area contributed by atoms with E-state index in [1.165, 1.54) is 25.1 Å². The van der Waals surface area contributed by atoms with Gasteiger partial charge in [-0.2, -0.15) is 4.98 Å². The van der Waals surface area contributed by atoms with E-state index in [0.717, 1.165) is 36.6 Å². The summed E-state index contributed by atoms with van der Waals surface area (Å²) in [7, 11) is 0. The summed E-state index contributed by atoms with van der Waals surface area (Å²) >= 11 is 0. The Balaban J connectivity index is 1.50. The minimum atomic E-state index is -0.389. The van der Waals surface area contributed by atoms with Crippen molar-refractivity contribution in [1.82, 2.24) is 39.3 Å². The number of hydrogen-bond donors (Lipinski definition) is 0. The molecule has 0 bridgehead atoms. The van der Waals surface area contributed by atoms with Gasteiger partial charge in [-0.05, 0) is 31.4 Å². The third-order valence-electron chi connectivity index (χ3n) is 6.37. The second-order valence-electron chi connectivity index (χ2n) is 8.19. The van der Waals surface area contributed by atoms with Gasteiger partial charge in [0.05, 0.1) is 18.4 Å². The molecular formula is C22H22FN9. The van der Waals surface area contributed by atoms with Gasteiger partial charge in [0.2, 0.25) is 5.95 Å². The molecule has 1 fully saturated rings. The normalized spacial score (nSPS) is 18.1. The monoisotopic (exact) mass is 431 g/mol. The lowest BCUT2D eigenvalue weighted by atomic mass is 10.0. The average Bonchev–Trinajstić information content (AvgIpc) is 3.60. The summed E-state index contributed by atoms with van der Waals surface area (Å²) in [5.74, 6) is 2.48. The molecule has 6 rings (SSSR count). The molecule has 1 unspecified atom stereocenters. The smallest absolute Gasteiger partial charge is 0.237 e. The van der Waals surface area contributed by atoms with Gasteiger partial charge in [0.1, 0.15) is 23.5 Å². The maximum absolute atomic E-state index is 13.4. The van der Waals surface area contributed by atoms with E-state index in [0.29, 0.717) is 23.5 Å². The molecule has 0 N–H and O–H groups in total. The van der Waals surface area contributed by atoms with Crippen LogP contribution in [0.25, 0.3) is 23.2 Å². The molecule has 1 aliphatic carbocycles. The van der Waals surface area contributed by atoms with E-state index < -0.39 is 0 Å². The van der Waals surface area contributed by atoms with Gasteiger partial charge < -0.3 is 4.90 Å². The largest absolute Gasteiger partial charge is 0.341 e. The molecule has 32 heavy (non-hydrogen) atoms. The second kappa shape index (κ2) is 7.47. The van der Waals surface area contributed by atoms with Crippen molar-refractivity contribution >= 4 is 5.82 Å². The second-order valence-corrected chi connectivity index (χ2v) is 8.19. The van der Waals surface area contributed by atoms with Crippen molar-refractivity contribution in [3.63, 3.8) is 0 Å². The van der Waals surface area contributed by atoms with E-state index in [2.05, 4.69) is 37.0 Å². The van der Waals surface area contributed by atoms with E-state index in [1.54, 1.807) is 29.4 Å². The molecule has 0 amide bonds. The first-order chi connectivity index (χ1) is 15.7. The molecule has 162 valence electrons. The van der Waals surface area contributed by atoms with Crippen molar-refractivity contribution in [1.29, 1.82) is 0 Å². The van der Waals surface area contributed by atoms with Crippen LogP contribution in [0.3, 0.4) is 0 Å². The Bertz CT molecular complexity index is 1260. The van der Waals surface area contributed by atoms with Crippen LogP contribution in [-0.2, 0) is 0 Å². The molecular weight excluding hydrogens is 409 g/mol. The number of anilines is 1. The Morgan fingerprint density at radius 1 is 1.06 bits per heavy atom. The SMILES string of the molecule is CCC1c2nncn2-c2cnc(-n3ccnc3-c3ccc(F)cn3)nc2N1C1CCCC1. The first-order valence-corrected chi connectivity index (χ1v) is 11.0. The fraction of sp³-hybridized carbons (Fsp3) is 0.364. The standard InChI is InChI=1S/C22H22FN9/c1-2-17-21-29-27-13-31(21)18-12-26-22(28-20(18)32(17)15-5-3-4-6-15)30-10-9-24-19(30)16-8-7-14(23)11-25-16/h7-13,15,17H,2-6H2,1H3. The Labute approximate surface area is 184 Å². The van der Waals surface area contributed by atoms with Crippen LogP contribution >= 0.6 is 0 Å². The van der Waals surface area contributed by atoms with E-state index >= 15 is 0 Å². The summed E-state index contributed by atoms with van der Waals surface area (Å²) in [6.45, 7) is 2.17. The molecule has 2 aliphatic rings. The van der Waals surface area contributed by atoms with Gasteiger partial charge in [0.25, 0.3) is 0 Å². The van der Waals surface area contributed by atoms with Gasteiger partial charge >= 0.3 is 0 Å². The summed E-state index contributed by atoms with van der Waals surface area (Å²) in [6, 6.07) is 3.49.